The molecule has 2 aromatic rings. The molecule has 162 valence electrons. The Morgan fingerprint density at radius 2 is 1.52 bits per heavy atom. The van der Waals surface area contributed by atoms with Crippen molar-refractivity contribution in [3.63, 3.8) is 0 Å². The van der Waals surface area contributed by atoms with Crippen molar-refractivity contribution in [2.75, 3.05) is 39.3 Å². The van der Waals surface area contributed by atoms with Gasteiger partial charge >= 0.3 is 0 Å². The first kappa shape index (κ1) is 27.0. The van der Waals surface area contributed by atoms with Crippen molar-refractivity contribution in [3.8, 4) is 11.5 Å². The van der Waals surface area contributed by atoms with E-state index in [2.05, 4.69) is 12.6 Å². The van der Waals surface area contributed by atoms with Gasteiger partial charge in [-0.15, -0.1) is 0 Å². The third-order valence-electron chi connectivity index (χ3n) is 3.56. The molecule has 0 aliphatic rings. The van der Waals surface area contributed by atoms with E-state index in [0.717, 1.165) is 19.6 Å². The summed E-state index contributed by atoms with van der Waals surface area (Å²) < 4.78 is 15.6. The summed E-state index contributed by atoms with van der Waals surface area (Å²) in [6.45, 7) is 9.46. The lowest BCUT2D eigenvalue weighted by Gasteiger charge is -2.09. The standard InChI is InChI=1S/C18H20O4.C4H10O.CH4S/c1-2-21-11-6-12-22-15-9-10-16(17(19)13-15)18(20)14-7-4-3-5-8-14;1-3-5-4-2;1-2/h3-5,7-10,13,19H,2,6,11-12H2,1H3;3-4H2,1-2H3;2H,1H3. The maximum absolute atomic E-state index is 12.3. The third kappa shape index (κ3) is 11.5. The molecule has 0 aliphatic heterocycles. The number of hydrogen-bond acceptors (Lipinski definition) is 6. The van der Waals surface area contributed by atoms with Gasteiger partial charge in [-0.2, -0.15) is 12.6 Å². The molecule has 1 N–H and O–H groups in total. The van der Waals surface area contributed by atoms with Crippen LogP contribution in [0.1, 0.15) is 43.1 Å². The second-order valence-electron chi connectivity index (χ2n) is 5.55. The number of ether oxygens (including phenoxy) is 3. The number of rotatable bonds is 10. The van der Waals surface area contributed by atoms with Gasteiger partial charge in [-0.25, -0.2) is 0 Å². The molecule has 6 heteroatoms. The number of thiol groups is 1. The van der Waals surface area contributed by atoms with Crippen LogP contribution in [0.2, 0.25) is 0 Å². The number of phenols is 1. The minimum atomic E-state index is -0.207. The largest absolute Gasteiger partial charge is 0.507 e. The van der Waals surface area contributed by atoms with E-state index in [1.165, 1.54) is 6.07 Å². The molecule has 0 heterocycles. The Balaban J connectivity index is 0.000000977. The van der Waals surface area contributed by atoms with E-state index in [-0.39, 0.29) is 17.1 Å². The van der Waals surface area contributed by atoms with Crippen LogP contribution in [0, 0.1) is 0 Å². The van der Waals surface area contributed by atoms with E-state index in [1.54, 1.807) is 42.7 Å². The normalized spacial score (nSPS) is 9.55. The van der Waals surface area contributed by atoms with Crippen molar-refractivity contribution in [2.24, 2.45) is 0 Å². The average molecular weight is 423 g/mol. The molecule has 0 amide bonds. The van der Waals surface area contributed by atoms with Gasteiger partial charge in [0.25, 0.3) is 0 Å². The summed E-state index contributed by atoms with van der Waals surface area (Å²) in [5, 5.41) is 10.0. The predicted octanol–water partition coefficient (Wildman–Crippen LogP) is 5.02. The molecular weight excluding hydrogens is 388 g/mol. The number of phenolic OH excluding ortho intramolecular Hbond substituents is 1. The van der Waals surface area contributed by atoms with Crippen LogP contribution < -0.4 is 4.74 Å². The summed E-state index contributed by atoms with van der Waals surface area (Å²) in [5.41, 5.74) is 0.816. The zero-order chi connectivity index (χ0) is 21.9. The molecule has 0 aromatic heterocycles. The Morgan fingerprint density at radius 1 is 0.897 bits per heavy atom. The minimum Gasteiger partial charge on any atom is -0.507 e. The van der Waals surface area contributed by atoms with Gasteiger partial charge in [-0.3, -0.25) is 4.79 Å². The zero-order valence-corrected chi connectivity index (χ0v) is 18.8. The average Bonchev–Trinajstić information content (AvgIpc) is 2.76. The van der Waals surface area contributed by atoms with Crippen molar-refractivity contribution in [3.05, 3.63) is 59.7 Å². The topological polar surface area (TPSA) is 65.0 Å². The van der Waals surface area contributed by atoms with E-state index < -0.39 is 0 Å². The molecule has 0 unspecified atom stereocenters. The zero-order valence-electron chi connectivity index (χ0n) is 17.9. The molecule has 5 nitrogen and oxygen atoms in total. The maximum atomic E-state index is 12.3. The lowest BCUT2D eigenvalue weighted by molar-refractivity contribution is 0.103. The van der Waals surface area contributed by atoms with Crippen LogP contribution in [-0.2, 0) is 9.47 Å². The van der Waals surface area contributed by atoms with Gasteiger partial charge in [0.05, 0.1) is 12.2 Å². The Morgan fingerprint density at radius 3 is 2.03 bits per heavy atom. The Labute approximate surface area is 180 Å². The molecular formula is C23H34O5S. The lowest BCUT2D eigenvalue weighted by atomic mass is 10.0. The highest BCUT2D eigenvalue weighted by Crippen LogP contribution is 2.26. The van der Waals surface area contributed by atoms with Crippen molar-refractivity contribution >= 4 is 18.4 Å². The molecule has 0 atom stereocenters. The van der Waals surface area contributed by atoms with Gasteiger partial charge in [-0.05, 0) is 39.2 Å². The molecule has 0 bridgehead atoms. The van der Waals surface area contributed by atoms with E-state index in [1.807, 2.05) is 26.8 Å². The molecule has 0 fully saturated rings. The predicted molar refractivity (Wildman–Crippen MR) is 122 cm³/mol. The first-order valence-electron chi connectivity index (χ1n) is 9.79. The molecule has 29 heavy (non-hydrogen) atoms. The highest BCUT2D eigenvalue weighted by Gasteiger charge is 2.13. The summed E-state index contributed by atoms with van der Waals surface area (Å²) in [5.74, 6) is 0.260. The fourth-order valence-electron chi connectivity index (χ4n) is 2.24. The molecule has 0 radical (unpaired) electrons. The summed E-state index contributed by atoms with van der Waals surface area (Å²) in [7, 11) is 0. The van der Waals surface area contributed by atoms with Crippen LogP contribution in [-0.4, -0.2) is 50.2 Å². The van der Waals surface area contributed by atoms with E-state index >= 15 is 0 Å². The Bertz CT molecular complexity index is 660. The number of ketones is 1. The monoisotopic (exact) mass is 422 g/mol. The van der Waals surface area contributed by atoms with Crippen molar-refractivity contribution < 1.29 is 24.1 Å². The van der Waals surface area contributed by atoms with Gasteiger partial charge in [0.2, 0.25) is 0 Å². The summed E-state index contributed by atoms with van der Waals surface area (Å²) in [4.78, 5) is 12.3. The van der Waals surface area contributed by atoms with E-state index in [9.17, 15) is 9.90 Å². The number of carbonyl (C=O) groups excluding carboxylic acids is 1. The third-order valence-corrected chi connectivity index (χ3v) is 3.56. The fraction of sp³-hybridized carbons (Fsp3) is 0.435. The quantitative estimate of drug-likeness (QED) is 0.320. The van der Waals surface area contributed by atoms with Crippen LogP contribution in [0.3, 0.4) is 0 Å². The van der Waals surface area contributed by atoms with Gasteiger partial charge in [0.1, 0.15) is 11.5 Å². The number of aromatic hydroxyl groups is 1. The van der Waals surface area contributed by atoms with Crippen molar-refractivity contribution in [1.82, 2.24) is 0 Å². The molecule has 0 spiro atoms. The first-order valence-corrected chi connectivity index (χ1v) is 10.7. The van der Waals surface area contributed by atoms with Gasteiger partial charge < -0.3 is 19.3 Å². The smallest absolute Gasteiger partial charge is 0.196 e. The van der Waals surface area contributed by atoms with Gasteiger partial charge in [0, 0.05) is 44.5 Å². The maximum Gasteiger partial charge on any atom is 0.196 e. The highest BCUT2D eigenvalue weighted by atomic mass is 32.1. The van der Waals surface area contributed by atoms with Crippen molar-refractivity contribution in [1.29, 1.82) is 0 Å². The summed E-state index contributed by atoms with van der Waals surface area (Å²) in [6, 6.07) is 13.6. The fourth-order valence-corrected chi connectivity index (χ4v) is 2.24. The summed E-state index contributed by atoms with van der Waals surface area (Å²) >= 11 is 3.53. The summed E-state index contributed by atoms with van der Waals surface area (Å²) in [6.07, 6.45) is 2.47. The van der Waals surface area contributed by atoms with Crippen LogP contribution in [0.4, 0.5) is 0 Å². The lowest BCUT2D eigenvalue weighted by Crippen LogP contribution is -2.04. The molecule has 2 rings (SSSR count). The Hall–Kier alpha value is -2.02. The van der Waals surface area contributed by atoms with E-state index in [4.69, 9.17) is 14.2 Å². The second kappa shape index (κ2) is 18.0. The number of hydrogen-bond donors (Lipinski definition) is 2. The number of carbonyl (C=O) groups is 1. The second-order valence-corrected chi connectivity index (χ2v) is 5.55. The van der Waals surface area contributed by atoms with Crippen LogP contribution in [0.15, 0.2) is 48.5 Å². The molecule has 2 aromatic carbocycles. The minimum absolute atomic E-state index is 0.0730. The SMILES string of the molecule is CCOCC.CCOCCCOc1ccc(C(=O)c2ccccc2)c(O)c1.CS. The molecule has 0 saturated carbocycles. The first-order chi connectivity index (χ1) is 14.1. The van der Waals surface area contributed by atoms with Crippen LogP contribution in [0.5, 0.6) is 11.5 Å². The molecule has 0 saturated heterocycles. The van der Waals surface area contributed by atoms with Gasteiger partial charge in [0.15, 0.2) is 5.78 Å². The van der Waals surface area contributed by atoms with E-state index in [0.29, 0.717) is 31.1 Å². The number of benzene rings is 2. The Kier molecular flexibility index (Phi) is 16.8. The van der Waals surface area contributed by atoms with Crippen LogP contribution >= 0.6 is 12.6 Å². The highest BCUT2D eigenvalue weighted by molar-refractivity contribution is 7.79. The van der Waals surface area contributed by atoms with Crippen LogP contribution in [0.25, 0.3) is 0 Å². The van der Waals surface area contributed by atoms with Crippen molar-refractivity contribution in [2.45, 2.75) is 27.2 Å². The van der Waals surface area contributed by atoms with Gasteiger partial charge in [-0.1, -0.05) is 30.3 Å². The molecule has 0 aliphatic carbocycles.